The standard InChI is InChI=1S/C34H21BO2/c36-35(37)28-17-18-31-32(21-28)34(27-16-14-23-8-2-4-10-25(23)20-27)30-12-6-5-11-29(30)33(31)26-15-13-22-7-1-3-9-24(22)19-26/h1-4,7-21,36-37H. The molecule has 0 spiro atoms. The second kappa shape index (κ2) is 8.50. The highest BCUT2D eigenvalue weighted by atomic mass is 16.4. The summed E-state index contributed by atoms with van der Waals surface area (Å²) in [7, 11) is -1.55. The van der Waals surface area contributed by atoms with E-state index < -0.39 is 7.12 Å². The maximum absolute atomic E-state index is 10.0. The molecule has 0 radical (unpaired) electrons. The van der Waals surface area contributed by atoms with Crippen LogP contribution in [0.25, 0.3) is 65.3 Å². The third-order valence-corrected chi connectivity index (χ3v) is 7.30. The number of hydrogen-bond donors (Lipinski definition) is 2. The Kier molecular flexibility index (Phi) is 4.97. The zero-order valence-corrected chi connectivity index (χ0v) is 19.9. The molecule has 0 aromatic heterocycles. The molecule has 3 heteroatoms. The van der Waals surface area contributed by atoms with Gasteiger partial charge >= 0.3 is 7.12 Å². The van der Waals surface area contributed by atoms with Crippen molar-refractivity contribution < 1.29 is 10.0 Å². The first kappa shape index (κ1) is 21.7. The predicted molar refractivity (Wildman–Crippen MR) is 155 cm³/mol. The van der Waals surface area contributed by atoms with Crippen LogP contribution in [0.2, 0.25) is 0 Å². The quantitative estimate of drug-likeness (QED) is 0.274. The molecule has 0 atom stereocenters. The lowest BCUT2D eigenvalue weighted by atomic mass is 9.77. The molecule has 0 bridgehead atoms. The zero-order chi connectivity index (χ0) is 24.9. The van der Waals surface area contributed by atoms with Gasteiger partial charge in [0.2, 0.25) is 0 Å². The summed E-state index contributed by atoms with van der Waals surface area (Å²) in [6.07, 6.45) is 0. The third kappa shape index (κ3) is 3.55. The normalized spacial score (nSPS) is 11.3. The van der Waals surface area contributed by atoms with Crippen molar-refractivity contribution in [2.75, 3.05) is 0 Å². The average molecular weight is 472 g/mol. The Morgan fingerprint density at radius 1 is 0.459 bits per heavy atom. The lowest BCUT2D eigenvalue weighted by Crippen LogP contribution is -2.29. The van der Waals surface area contributed by atoms with Crippen LogP contribution in [-0.2, 0) is 0 Å². The minimum absolute atomic E-state index is 0.463. The van der Waals surface area contributed by atoms with Crippen LogP contribution in [0.1, 0.15) is 0 Å². The predicted octanol–water partition coefficient (Wildman–Crippen LogP) is 6.91. The van der Waals surface area contributed by atoms with E-state index in [1.807, 2.05) is 36.4 Å². The smallest absolute Gasteiger partial charge is 0.423 e. The van der Waals surface area contributed by atoms with E-state index >= 15 is 0 Å². The first-order chi connectivity index (χ1) is 18.2. The molecule has 0 heterocycles. The van der Waals surface area contributed by atoms with Crippen LogP contribution in [0.5, 0.6) is 0 Å². The van der Waals surface area contributed by atoms with Crippen LogP contribution < -0.4 is 5.46 Å². The van der Waals surface area contributed by atoms with Crippen molar-refractivity contribution in [1.82, 2.24) is 0 Å². The van der Waals surface area contributed by atoms with Crippen molar-refractivity contribution in [1.29, 1.82) is 0 Å². The molecule has 172 valence electrons. The summed E-state index contributed by atoms with van der Waals surface area (Å²) < 4.78 is 0. The van der Waals surface area contributed by atoms with Crippen molar-refractivity contribution >= 4 is 55.7 Å². The van der Waals surface area contributed by atoms with E-state index in [-0.39, 0.29) is 0 Å². The molecule has 37 heavy (non-hydrogen) atoms. The molecule has 0 amide bonds. The van der Waals surface area contributed by atoms with Gasteiger partial charge in [-0.05, 0) is 95.1 Å². The summed E-state index contributed by atoms with van der Waals surface area (Å²) >= 11 is 0. The second-order valence-corrected chi connectivity index (χ2v) is 9.46. The minimum atomic E-state index is -1.55. The fraction of sp³-hybridized carbons (Fsp3) is 0. The molecule has 0 aliphatic heterocycles. The highest BCUT2D eigenvalue weighted by Crippen LogP contribution is 2.44. The summed E-state index contributed by atoms with van der Waals surface area (Å²) in [6.45, 7) is 0. The van der Waals surface area contributed by atoms with Gasteiger partial charge in [-0.1, -0.05) is 103 Å². The van der Waals surface area contributed by atoms with Gasteiger partial charge in [-0.3, -0.25) is 0 Å². The molecule has 2 N–H and O–H groups in total. The molecule has 0 saturated carbocycles. The van der Waals surface area contributed by atoms with Gasteiger partial charge in [0, 0.05) is 0 Å². The van der Waals surface area contributed by atoms with E-state index in [1.165, 1.54) is 16.2 Å². The largest absolute Gasteiger partial charge is 0.488 e. The molecule has 0 unspecified atom stereocenters. The molecule has 0 saturated heterocycles. The van der Waals surface area contributed by atoms with Gasteiger partial charge in [0.1, 0.15) is 0 Å². The fourth-order valence-electron chi connectivity index (χ4n) is 5.55. The third-order valence-electron chi connectivity index (χ3n) is 7.30. The van der Waals surface area contributed by atoms with E-state index in [4.69, 9.17) is 0 Å². The van der Waals surface area contributed by atoms with Crippen molar-refractivity contribution in [2.45, 2.75) is 0 Å². The monoisotopic (exact) mass is 472 g/mol. The van der Waals surface area contributed by atoms with E-state index in [0.29, 0.717) is 5.46 Å². The van der Waals surface area contributed by atoms with E-state index in [2.05, 4.69) is 84.9 Å². The van der Waals surface area contributed by atoms with Gasteiger partial charge in [-0.25, -0.2) is 0 Å². The van der Waals surface area contributed by atoms with Gasteiger partial charge in [0.05, 0.1) is 0 Å². The van der Waals surface area contributed by atoms with Crippen LogP contribution in [0.4, 0.5) is 0 Å². The molecule has 0 aliphatic rings. The second-order valence-electron chi connectivity index (χ2n) is 9.46. The summed E-state index contributed by atoms with van der Waals surface area (Å²) in [4.78, 5) is 0. The average Bonchev–Trinajstić information content (AvgIpc) is 2.95. The lowest BCUT2D eigenvalue weighted by molar-refractivity contribution is 0.426. The Morgan fingerprint density at radius 3 is 1.51 bits per heavy atom. The highest BCUT2D eigenvalue weighted by molar-refractivity contribution is 6.59. The molecule has 7 rings (SSSR count). The topological polar surface area (TPSA) is 40.5 Å². The Labute approximate surface area is 215 Å². The highest BCUT2D eigenvalue weighted by Gasteiger charge is 2.20. The van der Waals surface area contributed by atoms with Crippen LogP contribution >= 0.6 is 0 Å². The van der Waals surface area contributed by atoms with Gasteiger partial charge in [-0.15, -0.1) is 0 Å². The summed E-state index contributed by atoms with van der Waals surface area (Å²) in [6, 6.07) is 45.8. The maximum Gasteiger partial charge on any atom is 0.488 e. The number of benzene rings is 6. The molecule has 0 fully saturated rings. The van der Waals surface area contributed by atoms with Crippen molar-refractivity contribution in [3.63, 3.8) is 0 Å². The van der Waals surface area contributed by atoms with Crippen LogP contribution in [0.15, 0.2) is 115 Å². The SMILES string of the molecule is OB(O)c1ccc2c(-c3ccc4ccccc4c3)c3cc#ccc3c(-c3ccc4ccccc4c3)c2c1. The number of hydrogen-bond acceptors (Lipinski definition) is 2. The van der Waals surface area contributed by atoms with E-state index in [0.717, 1.165) is 49.2 Å². The lowest BCUT2D eigenvalue weighted by Gasteiger charge is -2.18. The van der Waals surface area contributed by atoms with Crippen LogP contribution in [-0.4, -0.2) is 17.2 Å². The van der Waals surface area contributed by atoms with Gasteiger partial charge in [0.25, 0.3) is 0 Å². The molecular formula is C34H21BO2. The summed E-state index contributed by atoms with van der Waals surface area (Å²) in [5, 5.41) is 29.0. The minimum Gasteiger partial charge on any atom is -0.423 e. The fourth-order valence-corrected chi connectivity index (χ4v) is 5.55. The first-order valence-corrected chi connectivity index (χ1v) is 12.3. The maximum atomic E-state index is 10.0. The molecule has 7 aromatic rings. The van der Waals surface area contributed by atoms with E-state index in [9.17, 15) is 10.0 Å². The Morgan fingerprint density at radius 2 is 0.973 bits per heavy atom. The van der Waals surface area contributed by atoms with Gasteiger partial charge < -0.3 is 10.0 Å². The Balaban J connectivity index is 1.63. The molecule has 7 aromatic carbocycles. The van der Waals surface area contributed by atoms with Gasteiger partial charge in [0.15, 0.2) is 0 Å². The molecule has 2 nitrogen and oxygen atoms in total. The number of rotatable bonds is 3. The van der Waals surface area contributed by atoms with Crippen molar-refractivity contribution in [2.24, 2.45) is 0 Å². The Hall–Kier alpha value is -4.62. The van der Waals surface area contributed by atoms with Crippen LogP contribution in [0, 0.1) is 12.1 Å². The van der Waals surface area contributed by atoms with Crippen molar-refractivity contribution in [3.8, 4) is 22.3 Å². The van der Waals surface area contributed by atoms with E-state index in [1.54, 1.807) is 6.07 Å². The van der Waals surface area contributed by atoms with Gasteiger partial charge in [-0.2, -0.15) is 0 Å². The first-order valence-electron chi connectivity index (χ1n) is 12.3. The van der Waals surface area contributed by atoms with Crippen molar-refractivity contribution in [3.05, 3.63) is 127 Å². The molecular weight excluding hydrogens is 451 g/mol. The number of fused-ring (bicyclic) bond motifs is 4. The Bertz CT molecular complexity index is 1970. The zero-order valence-electron chi connectivity index (χ0n) is 19.9. The summed E-state index contributed by atoms with van der Waals surface area (Å²) in [5.41, 5.74) is 4.79. The summed E-state index contributed by atoms with van der Waals surface area (Å²) in [5.74, 6) is 0. The van der Waals surface area contributed by atoms with Crippen LogP contribution in [0.3, 0.4) is 0 Å². The molecule has 0 aliphatic carbocycles.